The number of carbonyl (C=O) groups excluding carboxylic acids is 1. The molecule has 4 heterocycles. The van der Waals surface area contributed by atoms with Crippen LogP contribution < -0.4 is 11.1 Å². The molecule has 31 heavy (non-hydrogen) atoms. The molecule has 0 radical (unpaired) electrons. The minimum Gasteiger partial charge on any atom is -0.370 e. The van der Waals surface area contributed by atoms with E-state index in [4.69, 9.17) is 20.4 Å². The van der Waals surface area contributed by atoms with E-state index >= 15 is 0 Å². The fraction of sp³-hybridized carbons (Fsp3) is 0.182. The third-order valence-electron chi connectivity index (χ3n) is 5.23. The van der Waals surface area contributed by atoms with Gasteiger partial charge in [0, 0.05) is 18.3 Å². The van der Waals surface area contributed by atoms with Gasteiger partial charge < -0.3 is 15.8 Å². The standard InChI is InChI=1S/C22H19FN6O2/c1-12-18(29-7-3-6-15(19(24)30)22(29)26-12)21-27-17-11-31-10-16(17)20(28-21)25-9-13-4-2-5-14(23)8-13/h2-8H,9-11H2,1H3,(H2,24,30)(H,25,27,28). The molecule has 3 aromatic heterocycles. The Balaban J connectivity index is 1.60. The molecule has 0 fully saturated rings. The Morgan fingerprint density at radius 1 is 1.23 bits per heavy atom. The van der Waals surface area contributed by atoms with Crippen molar-refractivity contribution in [2.45, 2.75) is 26.7 Å². The monoisotopic (exact) mass is 418 g/mol. The van der Waals surface area contributed by atoms with Crippen LogP contribution in [0.25, 0.3) is 17.2 Å². The highest BCUT2D eigenvalue weighted by Crippen LogP contribution is 2.30. The summed E-state index contributed by atoms with van der Waals surface area (Å²) in [5.74, 6) is 0.241. The first kappa shape index (κ1) is 19.1. The van der Waals surface area contributed by atoms with Crippen molar-refractivity contribution in [3.8, 4) is 11.5 Å². The van der Waals surface area contributed by atoms with Gasteiger partial charge in [-0.2, -0.15) is 0 Å². The molecule has 0 saturated heterocycles. The van der Waals surface area contributed by atoms with Gasteiger partial charge in [0.25, 0.3) is 5.91 Å². The summed E-state index contributed by atoms with van der Waals surface area (Å²) in [4.78, 5) is 25.8. The second-order valence-electron chi connectivity index (χ2n) is 7.32. The highest BCUT2D eigenvalue weighted by molar-refractivity contribution is 5.99. The first-order valence-corrected chi connectivity index (χ1v) is 9.75. The molecule has 0 bridgehead atoms. The lowest BCUT2D eigenvalue weighted by Gasteiger charge is -2.12. The Labute approximate surface area is 176 Å². The van der Waals surface area contributed by atoms with E-state index in [-0.39, 0.29) is 5.82 Å². The van der Waals surface area contributed by atoms with Crippen molar-refractivity contribution in [2.24, 2.45) is 5.73 Å². The summed E-state index contributed by atoms with van der Waals surface area (Å²) in [5, 5.41) is 3.29. The molecule has 156 valence electrons. The molecule has 1 aliphatic heterocycles. The van der Waals surface area contributed by atoms with E-state index < -0.39 is 5.91 Å². The van der Waals surface area contributed by atoms with Gasteiger partial charge in [0.1, 0.15) is 23.0 Å². The van der Waals surface area contributed by atoms with Gasteiger partial charge in [-0.3, -0.25) is 9.20 Å². The molecule has 9 heteroatoms. The van der Waals surface area contributed by atoms with Crippen LogP contribution in [0.2, 0.25) is 0 Å². The smallest absolute Gasteiger partial charge is 0.252 e. The maximum Gasteiger partial charge on any atom is 0.252 e. The maximum absolute atomic E-state index is 13.5. The number of benzene rings is 1. The molecule has 5 rings (SSSR count). The van der Waals surface area contributed by atoms with Crippen molar-refractivity contribution >= 4 is 17.4 Å². The molecular formula is C22H19FN6O2. The Morgan fingerprint density at radius 3 is 2.90 bits per heavy atom. The summed E-state index contributed by atoms with van der Waals surface area (Å²) < 4.78 is 20.9. The third-order valence-corrected chi connectivity index (χ3v) is 5.23. The normalized spacial score (nSPS) is 12.8. The van der Waals surface area contributed by atoms with Gasteiger partial charge in [-0.05, 0) is 36.8 Å². The number of aromatic nitrogens is 4. The number of pyridine rings is 1. The molecule has 0 saturated carbocycles. The van der Waals surface area contributed by atoms with Gasteiger partial charge in [0.05, 0.1) is 30.2 Å². The lowest BCUT2D eigenvalue weighted by atomic mass is 10.2. The number of nitrogens with zero attached hydrogens (tertiary/aromatic N) is 4. The molecule has 4 aromatic rings. The van der Waals surface area contributed by atoms with E-state index in [1.807, 2.05) is 13.0 Å². The molecule has 1 aromatic carbocycles. The number of rotatable bonds is 5. The number of nitrogens with two attached hydrogens (primary N) is 1. The number of hydrogen-bond donors (Lipinski definition) is 2. The number of carbonyl (C=O) groups is 1. The van der Waals surface area contributed by atoms with Gasteiger partial charge in [-0.25, -0.2) is 19.3 Å². The van der Waals surface area contributed by atoms with Crippen LogP contribution in [0.1, 0.15) is 32.9 Å². The van der Waals surface area contributed by atoms with Gasteiger partial charge in [-0.1, -0.05) is 12.1 Å². The highest BCUT2D eigenvalue weighted by atomic mass is 19.1. The summed E-state index contributed by atoms with van der Waals surface area (Å²) in [6.45, 7) is 3.01. The predicted octanol–water partition coefficient (Wildman–Crippen LogP) is 2.98. The lowest BCUT2D eigenvalue weighted by Crippen LogP contribution is -2.12. The number of amides is 1. The van der Waals surface area contributed by atoms with Crippen LogP contribution in [0.5, 0.6) is 0 Å². The van der Waals surface area contributed by atoms with Gasteiger partial charge in [0.15, 0.2) is 5.82 Å². The van der Waals surface area contributed by atoms with E-state index in [9.17, 15) is 9.18 Å². The largest absolute Gasteiger partial charge is 0.370 e. The SMILES string of the molecule is Cc1nc2c(C(N)=O)cccn2c1-c1nc2c(c(NCc3cccc(F)c3)n1)COC2. The average molecular weight is 418 g/mol. The molecule has 8 nitrogen and oxygen atoms in total. The molecule has 0 atom stereocenters. The zero-order chi connectivity index (χ0) is 21.5. The molecule has 0 spiro atoms. The van der Waals surface area contributed by atoms with E-state index in [2.05, 4.69) is 10.3 Å². The van der Waals surface area contributed by atoms with Crippen molar-refractivity contribution < 1.29 is 13.9 Å². The molecule has 0 aliphatic carbocycles. The maximum atomic E-state index is 13.5. The van der Waals surface area contributed by atoms with E-state index in [0.29, 0.717) is 54.0 Å². The van der Waals surface area contributed by atoms with Crippen molar-refractivity contribution in [2.75, 3.05) is 5.32 Å². The Bertz CT molecular complexity index is 1330. The van der Waals surface area contributed by atoms with Crippen molar-refractivity contribution in [3.05, 3.63) is 76.5 Å². The molecule has 3 N–H and O–H groups in total. The minimum absolute atomic E-state index is 0.289. The van der Waals surface area contributed by atoms with Crippen LogP contribution in [-0.2, 0) is 24.5 Å². The van der Waals surface area contributed by atoms with E-state index in [1.165, 1.54) is 12.1 Å². The topological polar surface area (TPSA) is 107 Å². The van der Waals surface area contributed by atoms with Crippen LogP contribution in [-0.4, -0.2) is 25.3 Å². The first-order chi connectivity index (χ1) is 15.0. The molecule has 1 amide bonds. The average Bonchev–Trinajstić information content (AvgIpc) is 3.35. The molecular weight excluding hydrogens is 399 g/mol. The number of imidazole rings is 1. The fourth-order valence-corrected chi connectivity index (χ4v) is 3.78. The molecule has 1 aliphatic rings. The first-order valence-electron chi connectivity index (χ1n) is 9.75. The molecule has 0 unspecified atom stereocenters. The number of nitrogens with one attached hydrogen (secondary N) is 1. The number of ether oxygens (including phenoxy) is 1. The summed E-state index contributed by atoms with van der Waals surface area (Å²) in [6, 6.07) is 9.77. The summed E-state index contributed by atoms with van der Waals surface area (Å²) in [7, 11) is 0. The Hall–Kier alpha value is -3.85. The minimum atomic E-state index is -0.553. The Morgan fingerprint density at radius 2 is 2.10 bits per heavy atom. The van der Waals surface area contributed by atoms with Crippen molar-refractivity contribution in [1.29, 1.82) is 0 Å². The summed E-state index contributed by atoms with van der Waals surface area (Å²) in [5.41, 5.74) is 10.1. The Kier molecular flexibility index (Phi) is 4.59. The second-order valence-corrected chi connectivity index (χ2v) is 7.32. The summed E-state index contributed by atoms with van der Waals surface area (Å²) in [6.07, 6.45) is 1.80. The number of anilines is 1. The van der Waals surface area contributed by atoms with E-state index in [1.54, 1.807) is 28.8 Å². The highest BCUT2D eigenvalue weighted by Gasteiger charge is 2.24. The quantitative estimate of drug-likeness (QED) is 0.516. The van der Waals surface area contributed by atoms with Gasteiger partial charge in [0.2, 0.25) is 0 Å². The van der Waals surface area contributed by atoms with Crippen LogP contribution in [0.15, 0.2) is 42.6 Å². The predicted molar refractivity (Wildman–Crippen MR) is 112 cm³/mol. The lowest BCUT2D eigenvalue weighted by molar-refractivity contribution is 0.100. The second kappa shape index (κ2) is 7.44. The van der Waals surface area contributed by atoms with Crippen LogP contribution in [0, 0.1) is 12.7 Å². The summed E-state index contributed by atoms with van der Waals surface area (Å²) >= 11 is 0. The van der Waals surface area contributed by atoms with Gasteiger partial charge in [-0.15, -0.1) is 0 Å². The number of primary amides is 1. The van der Waals surface area contributed by atoms with Gasteiger partial charge >= 0.3 is 0 Å². The van der Waals surface area contributed by atoms with Crippen LogP contribution in [0.3, 0.4) is 0 Å². The number of halogens is 1. The zero-order valence-corrected chi connectivity index (χ0v) is 16.7. The zero-order valence-electron chi connectivity index (χ0n) is 16.7. The van der Waals surface area contributed by atoms with Crippen molar-refractivity contribution in [1.82, 2.24) is 19.4 Å². The van der Waals surface area contributed by atoms with E-state index in [0.717, 1.165) is 16.8 Å². The van der Waals surface area contributed by atoms with Crippen LogP contribution in [0.4, 0.5) is 10.2 Å². The van der Waals surface area contributed by atoms with Crippen LogP contribution >= 0.6 is 0 Å². The van der Waals surface area contributed by atoms with Crippen molar-refractivity contribution in [3.63, 3.8) is 0 Å². The number of fused-ring (bicyclic) bond motifs is 2. The fourth-order valence-electron chi connectivity index (χ4n) is 3.78. The number of hydrogen-bond acceptors (Lipinski definition) is 6. The third kappa shape index (κ3) is 3.38. The number of aryl methyl sites for hydroxylation is 1.